The summed E-state index contributed by atoms with van der Waals surface area (Å²) in [4.78, 5) is 20.8. The molecule has 0 saturated carbocycles. The summed E-state index contributed by atoms with van der Waals surface area (Å²) in [5.74, 6) is 0.597. The number of carbonyl (C=O) groups excluding carboxylic acids is 1. The molecule has 1 N–H and O–H groups in total. The molecule has 0 bridgehead atoms. The van der Waals surface area contributed by atoms with Crippen molar-refractivity contribution >= 4 is 17.7 Å². The fraction of sp³-hybridized carbons (Fsp3) is 0.556. The van der Waals surface area contributed by atoms with Crippen LogP contribution >= 0.6 is 11.8 Å². The Bertz CT molecular complexity index is 678. The van der Waals surface area contributed by atoms with E-state index in [0.29, 0.717) is 28.7 Å². The van der Waals surface area contributed by atoms with Gasteiger partial charge in [-0.15, -0.1) is 0 Å². The number of thioether (sulfide) groups is 1. The normalized spacial score (nSPS) is 15.3. The van der Waals surface area contributed by atoms with Crippen LogP contribution in [0.3, 0.4) is 0 Å². The average Bonchev–Trinajstić information content (AvgIpc) is 2.55. The lowest BCUT2D eigenvalue weighted by molar-refractivity contribution is -0.120. The molecule has 0 fully saturated rings. The van der Waals surface area contributed by atoms with E-state index in [1.807, 2.05) is 6.92 Å². The van der Waals surface area contributed by atoms with Crippen molar-refractivity contribution < 1.29 is 4.79 Å². The van der Waals surface area contributed by atoms with Crippen LogP contribution in [-0.2, 0) is 4.79 Å². The molecular formula is C18H24N4OS. The maximum Gasteiger partial charge on any atom is 0.233 e. The van der Waals surface area contributed by atoms with Crippen LogP contribution in [0.1, 0.15) is 56.1 Å². The molecule has 128 valence electrons. The first-order chi connectivity index (χ1) is 11.5. The van der Waals surface area contributed by atoms with E-state index in [0.717, 1.165) is 12.8 Å². The summed E-state index contributed by atoms with van der Waals surface area (Å²) in [6.45, 7) is 6.09. The van der Waals surface area contributed by atoms with Crippen molar-refractivity contribution in [3.05, 3.63) is 28.7 Å². The van der Waals surface area contributed by atoms with Crippen molar-refractivity contribution in [3.8, 4) is 6.07 Å². The molecule has 1 aromatic rings. The highest BCUT2D eigenvalue weighted by atomic mass is 32.2. The minimum atomic E-state index is -0.300. The summed E-state index contributed by atoms with van der Waals surface area (Å²) in [7, 11) is 0. The molecule has 1 unspecified atom stereocenters. The van der Waals surface area contributed by atoms with E-state index in [-0.39, 0.29) is 11.2 Å². The maximum absolute atomic E-state index is 12.3. The zero-order chi connectivity index (χ0) is 17.5. The Hall–Kier alpha value is -1.87. The SMILES string of the molecule is Cc1nc(C)c(C#N)c(SC(C)C(=O)NCCC2=CCCCC2)n1. The second-order valence-corrected chi connectivity index (χ2v) is 7.39. The van der Waals surface area contributed by atoms with Gasteiger partial charge in [-0.3, -0.25) is 4.79 Å². The van der Waals surface area contributed by atoms with E-state index < -0.39 is 0 Å². The highest BCUT2D eigenvalue weighted by molar-refractivity contribution is 8.00. The molecular weight excluding hydrogens is 320 g/mol. The van der Waals surface area contributed by atoms with Gasteiger partial charge in [0.1, 0.15) is 22.5 Å². The summed E-state index contributed by atoms with van der Waals surface area (Å²) < 4.78 is 0. The van der Waals surface area contributed by atoms with Crippen LogP contribution in [0.25, 0.3) is 0 Å². The topological polar surface area (TPSA) is 78.7 Å². The molecule has 0 saturated heterocycles. The molecule has 0 spiro atoms. The molecule has 0 radical (unpaired) electrons. The molecule has 0 aliphatic heterocycles. The van der Waals surface area contributed by atoms with Gasteiger partial charge in [0.05, 0.1) is 10.9 Å². The van der Waals surface area contributed by atoms with Crippen LogP contribution in [0.2, 0.25) is 0 Å². The van der Waals surface area contributed by atoms with E-state index in [1.54, 1.807) is 13.8 Å². The number of hydrogen-bond donors (Lipinski definition) is 1. The average molecular weight is 344 g/mol. The van der Waals surface area contributed by atoms with E-state index >= 15 is 0 Å². The number of carbonyl (C=O) groups is 1. The number of allylic oxidation sites excluding steroid dienone is 1. The van der Waals surface area contributed by atoms with Gasteiger partial charge in [0.15, 0.2) is 0 Å². The molecule has 1 heterocycles. The predicted octanol–water partition coefficient (Wildman–Crippen LogP) is 3.45. The Labute approximate surface area is 148 Å². The maximum atomic E-state index is 12.3. The summed E-state index contributed by atoms with van der Waals surface area (Å²) in [5, 5.41) is 12.6. The quantitative estimate of drug-likeness (QED) is 0.486. The Morgan fingerprint density at radius 2 is 2.21 bits per heavy atom. The Morgan fingerprint density at radius 3 is 2.88 bits per heavy atom. The highest BCUT2D eigenvalue weighted by Crippen LogP contribution is 2.26. The monoisotopic (exact) mass is 344 g/mol. The Morgan fingerprint density at radius 1 is 1.42 bits per heavy atom. The lowest BCUT2D eigenvalue weighted by Gasteiger charge is -2.15. The van der Waals surface area contributed by atoms with Crippen LogP contribution in [0.5, 0.6) is 0 Å². The third-order valence-corrected chi connectivity index (χ3v) is 5.15. The standard InChI is InChI=1S/C18H24N4OS/c1-12-16(11-19)18(22-14(3)21-12)24-13(2)17(23)20-10-9-15-7-5-4-6-8-15/h7,13H,4-6,8-10H2,1-3H3,(H,20,23). The molecule has 6 heteroatoms. The fourth-order valence-corrected chi connectivity index (χ4v) is 3.76. The van der Waals surface area contributed by atoms with Crippen molar-refractivity contribution in [1.29, 1.82) is 5.26 Å². The molecule has 24 heavy (non-hydrogen) atoms. The number of rotatable bonds is 6. The fourth-order valence-electron chi connectivity index (χ4n) is 2.74. The van der Waals surface area contributed by atoms with Crippen molar-refractivity contribution in [2.24, 2.45) is 0 Å². The summed E-state index contributed by atoms with van der Waals surface area (Å²) in [6, 6.07) is 2.14. The van der Waals surface area contributed by atoms with Crippen LogP contribution in [0.4, 0.5) is 0 Å². The Kier molecular flexibility index (Phi) is 6.80. The van der Waals surface area contributed by atoms with E-state index in [4.69, 9.17) is 0 Å². The number of nitrogens with one attached hydrogen (secondary N) is 1. The van der Waals surface area contributed by atoms with Crippen molar-refractivity contribution in [1.82, 2.24) is 15.3 Å². The van der Waals surface area contributed by atoms with Gasteiger partial charge in [-0.1, -0.05) is 23.4 Å². The molecule has 1 aromatic heterocycles. The van der Waals surface area contributed by atoms with Crippen LogP contribution in [-0.4, -0.2) is 27.7 Å². The lowest BCUT2D eigenvalue weighted by Crippen LogP contribution is -2.32. The summed E-state index contributed by atoms with van der Waals surface area (Å²) in [5.41, 5.74) is 2.57. The van der Waals surface area contributed by atoms with Gasteiger partial charge in [-0.25, -0.2) is 9.97 Å². The van der Waals surface area contributed by atoms with Crippen molar-refractivity contribution in [2.75, 3.05) is 6.54 Å². The predicted molar refractivity (Wildman–Crippen MR) is 95.7 cm³/mol. The second-order valence-electron chi connectivity index (χ2n) is 6.06. The third-order valence-electron chi connectivity index (χ3n) is 4.07. The van der Waals surface area contributed by atoms with Crippen molar-refractivity contribution in [2.45, 2.75) is 63.2 Å². The van der Waals surface area contributed by atoms with Crippen LogP contribution in [0, 0.1) is 25.2 Å². The van der Waals surface area contributed by atoms with Gasteiger partial charge in [0.25, 0.3) is 0 Å². The first kappa shape index (κ1) is 18.5. The molecule has 1 atom stereocenters. The number of nitrogens with zero attached hydrogens (tertiary/aromatic N) is 3. The van der Waals surface area contributed by atoms with Crippen molar-refractivity contribution in [3.63, 3.8) is 0 Å². The molecule has 1 aliphatic carbocycles. The van der Waals surface area contributed by atoms with Gasteiger partial charge in [0.2, 0.25) is 5.91 Å². The zero-order valence-corrected chi connectivity index (χ0v) is 15.4. The minimum absolute atomic E-state index is 0.0192. The number of hydrogen-bond acceptors (Lipinski definition) is 5. The number of amides is 1. The van der Waals surface area contributed by atoms with Crippen LogP contribution < -0.4 is 5.32 Å². The third kappa shape index (κ3) is 5.07. The smallest absolute Gasteiger partial charge is 0.233 e. The van der Waals surface area contributed by atoms with E-state index in [1.165, 1.54) is 36.6 Å². The molecule has 5 nitrogen and oxygen atoms in total. The summed E-state index contributed by atoms with van der Waals surface area (Å²) >= 11 is 1.32. The van der Waals surface area contributed by atoms with Gasteiger partial charge in [-0.05, 0) is 52.9 Å². The number of nitriles is 1. The second kappa shape index (κ2) is 8.84. The van der Waals surface area contributed by atoms with Gasteiger partial charge >= 0.3 is 0 Å². The van der Waals surface area contributed by atoms with Gasteiger partial charge < -0.3 is 5.32 Å². The van der Waals surface area contributed by atoms with Gasteiger partial charge in [-0.2, -0.15) is 5.26 Å². The highest BCUT2D eigenvalue weighted by Gasteiger charge is 2.19. The molecule has 2 rings (SSSR count). The molecule has 1 aliphatic rings. The summed E-state index contributed by atoms with van der Waals surface area (Å²) in [6.07, 6.45) is 8.10. The first-order valence-corrected chi connectivity index (χ1v) is 9.27. The minimum Gasteiger partial charge on any atom is -0.355 e. The van der Waals surface area contributed by atoms with Crippen LogP contribution in [0.15, 0.2) is 16.7 Å². The zero-order valence-electron chi connectivity index (χ0n) is 14.6. The Balaban J connectivity index is 1.90. The number of aryl methyl sites for hydroxylation is 2. The molecule has 0 aromatic carbocycles. The number of aromatic nitrogens is 2. The van der Waals surface area contributed by atoms with Gasteiger partial charge in [0, 0.05) is 6.54 Å². The first-order valence-electron chi connectivity index (χ1n) is 8.39. The molecule has 1 amide bonds. The van der Waals surface area contributed by atoms with E-state index in [2.05, 4.69) is 27.4 Å². The largest absolute Gasteiger partial charge is 0.355 e. The van der Waals surface area contributed by atoms with E-state index in [9.17, 15) is 10.1 Å². The lowest BCUT2D eigenvalue weighted by atomic mass is 9.97.